The van der Waals surface area contributed by atoms with Gasteiger partial charge in [-0.15, -0.1) is 0 Å². The highest BCUT2D eigenvalue weighted by Gasteiger charge is 2.08. The topological polar surface area (TPSA) is 89.9 Å². The highest BCUT2D eigenvalue weighted by atomic mass is 16.5. The molecule has 2 rings (SSSR count). The first-order valence-electron chi connectivity index (χ1n) is 5.46. The van der Waals surface area contributed by atoms with Crippen LogP contribution in [0.15, 0.2) is 16.9 Å². The van der Waals surface area contributed by atoms with E-state index in [1.54, 1.807) is 6.07 Å². The number of nitrogen functional groups attached to an aromatic ring is 1. The Morgan fingerprint density at radius 2 is 2.24 bits per heavy atom. The first-order chi connectivity index (χ1) is 8.20. The third-order valence-corrected chi connectivity index (χ3v) is 2.47. The van der Waals surface area contributed by atoms with E-state index in [1.165, 1.54) is 6.26 Å². The molecular weight excluding hydrogens is 218 g/mol. The lowest BCUT2D eigenvalue weighted by Crippen LogP contribution is -2.09. The highest BCUT2D eigenvalue weighted by molar-refractivity contribution is 5.54. The summed E-state index contributed by atoms with van der Waals surface area (Å²) in [4.78, 5) is 8.58. The fraction of sp³-hybridized carbons (Fsp3) is 0.364. The lowest BCUT2D eigenvalue weighted by atomic mass is 10.3. The van der Waals surface area contributed by atoms with E-state index in [9.17, 15) is 0 Å². The van der Waals surface area contributed by atoms with Crippen molar-refractivity contribution in [3.8, 4) is 0 Å². The second kappa shape index (κ2) is 4.82. The van der Waals surface area contributed by atoms with Crippen molar-refractivity contribution in [2.75, 3.05) is 11.1 Å². The van der Waals surface area contributed by atoms with Crippen molar-refractivity contribution < 1.29 is 4.52 Å². The van der Waals surface area contributed by atoms with E-state index in [0.29, 0.717) is 12.4 Å². The van der Waals surface area contributed by atoms with Crippen molar-refractivity contribution in [2.24, 2.45) is 0 Å². The highest BCUT2D eigenvalue weighted by Crippen LogP contribution is 2.17. The predicted molar refractivity (Wildman–Crippen MR) is 64.4 cm³/mol. The molecule has 0 saturated heterocycles. The molecule has 0 aliphatic carbocycles. The van der Waals surface area contributed by atoms with E-state index < -0.39 is 0 Å². The average Bonchev–Trinajstić information content (AvgIpc) is 2.84. The minimum absolute atomic E-state index is 0.513. The van der Waals surface area contributed by atoms with Crippen LogP contribution < -0.4 is 11.1 Å². The molecule has 0 aliphatic rings. The number of rotatable bonds is 4. The summed E-state index contributed by atoms with van der Waals surface area (Å²) in [5.41, 5.74) is 7.49. The zero-order valence-corrected chi connectivity index (χ0v) is 9.90. The smallest absolute Gasteiger partial charge is 0.135 e. The van der Waals surface area contributed by atoms with E-state index in [-0.39, 0.29) is 0 Å². The summed E-state index contributed by atoms with van der Waals surface area (Å²) >= 11 is 0. The lowest BCUT2D eigenvalue weighted by Gasteiger charge is -2.10. The summed E-state index contributed by atoms with van der Waals surface area (Å²) in [6.07, 6.45) is 2.29. The van der Waals surface area contributed by atoms with Crippen LogP contribution in [-0.4, -0.2) is 15.1 Å². The molecule has 2 aromatic heterocycles. The second-order valence-electron chi connectivity index (χ2n) is 3.70. The molecule has 2 aromatic rings. The predicted octanol–water partition coefficient (Wildman–Crippen LogP) is 1.53. The number of anilines is 2. The third kappa shape index (κ3) is 2.52. The van der Waals surface area contributed by atoms with Crippen LogP contribution in [0.4, 0.5) is 11.6 Å². The Hall–Kier alpha value is -2.11. The summed E-state index contributed by atoms with van der Waals surface area (Å²) in [5.74, 6) is 1.99. The molecule has 0 saturated carbocycles. The average molecular weight is 233 g/mol. The Morgan fingerprint density at radius 3 is 2.88 bits per heavy atom. The van der Waals surface area contributed by atoms with Crippen LogP contribution in [-0.2, 0) is 13.0 Å². The van der Waals surface area contributed by atoms with Crippen LogP contribution in [0.25, 0.3) is 0 Å². The van der Waals surface area contributed by atoms with Gasteiger partial charge in [-0.25, -0.2) is 9.97 Å². The molecule has 6 heteroatoms. The van der Waals surface area contributed by atoms with Crippen LogP contribution in [0.5, 0.6) is 0 Å². The monoisotopic (exact) mass is 233 g/mol. The molecule has 90 valence electrons. The molecule has 0 radical (unpaired) electrons. The standard InChI is InChI=1S/C11H15N5O/c1-3-9-14-10(12)7(2)11(15-9)13-6-8-4-5-17-16-8/h4-5H,3,6H2,1-2H3,(H3,12,13,14,15). The number of nitrogens with two attached hydrogens (primary N) is 1. The molecule has 0 spiro atoms. The van der Waals surface area contributed by atoms with Crippen molar-refractivity contribution in [2.45, 2.75) is 26.8 Å². The van der Waals surface area contributed by atoms with Crippen molar-refractivity contribution >= 4 is 11.6 Å². The maximum Gasteiger partial charge on any atom is 0.135 e. The SMILES string of the molecule is CCc1nc(N)c(C)c(NCc2ccon2)n1. The summed E-state index contributed by atoms with van der Waals surface area (Å²) in [6, 6.07) is 1.80. The molecule has 2 heterocycles. The van der Waals surface area contributed by atoms with Crippen LogP contribution >= 0.6 is 0 Å². The molecule has 0 bridgehead atoms. The van der Waals surface area contributed by atoms with Crippen molar-refractivity contribution in [1.29, 1.82) is 0 Å². The number of aromatic nitrogens is 3. The van der Waals surface area contributed by atoms with Gasteiger partial charge in [0.1, 0.15) is 29.4 Å². The Morgan fingerprint density at radius 1 is 1.41 bits per heavy atom. The lowest BCUT2D eigenvalue weighted by molar-refractivity contribution is 0.412. The van der Waals surface area contributed by atoms with Crippen LogP contribution in [0, 0.1) is 6.92 Å². The largest absolute Gasteiger partial charge is 0.383 e. The second-order valence-corrected chi connectivity index (χ2v) is 3.70. The number of hydrogen-bond acceptors (Lipinski definition) is 6. The zero-order valence-electron chi connectivity index (χ0n) is 9.90. The van der Waals surface area contributed by atoms with Gasteiger partial charge in [0, 0.05) is 18.1 Å². The normalized spacial score (nSPS) is 10.5. The Bertz CT molecular complexity index is 495. The summed E-state index contributed by atoms with van der Waals surface area (Å²) in [5, 5.41) is 6.99. The van der Waals surface area contributed by atoms with Gasteiger partial charge in [-0.2, -0.15) is 0 Å². The molecule has 0 unspecified atom stereocenters. The molecule has 0 aromatic carbocycles. The number of nitrogens with one attached hydrogen (secondary N) is 1. The van der Waals surface area contributed by atoms with Gasteiger partial charge in [0.05, 0.1) is 6.54 Å². The molecule has 17 heavy (non-hydrogen) atoms. The summed E-state index contributed by atoms with van der Waals surface area (Å²) < 4.78 is 4.75. The van der Waals surface area contributed by atoms with Gasteiger partial charge >= 0.3 is 0 Å². The quantitative estimate of drug-likeness (QED) is 0.832. The van der Waals surface area contributed by atoms with Crippen LogP contribution in [0.3, 0.4) is 0 Å². The van der Waals surface area contributed by atoms with Gasteiger partial charge < -0.3 is 15.6 Å². The Kier molecular flexibility index (Phi) is 3.22. The Balaban J connectivity index is 2.17. The summed E-state index contributed by atoms with van der Waals surface area (Å²) in [6.45, 7) is 4.43. The first-order valence-corrected chi connectivity index (χ1v) is 5.46. The molecule has 0 atom stereocenters. The summed E-state index contributed by atoms with van der Waals surface area (Å²) in [7, 11) is 0. The van der Waals surface area contributed by atoms with E-state index >= 15 is 0 Å². The molecule has 3 N–H and O–H groups in total. The molecular formula is C11H15N5O. The Labute approximate surface area is 99.2 Å². The van der Waals surface area contributed by atoms with Gasteiger partial charge in [-0.3, -0.25) is 0 Å². The number of aryl methyl sites for hydroxylation is 1. The molecule has 0 aliphatic heterocycles. The van der Waals surface area contributed by atoms with Gasteiger partial charge in [0.25, 0.3) is 0 Å². The molecule has 6 nitrogen and oxygen atoms in total. The van der Waals surface area contributed by atoms with E-state index in [4.69, 9.17) is 10.3 Å². The van der Waals surface area contributed by atoms with E-state index in [0.717, 1.165) is 29.3 Å². The maximum atomic E-state index is 5.82. The number of nitrogens with zero attached hydrogens (tertiary/aromatic N) is 3. The van der Waals surface area contributed by atoms with Crippen LogP contribution in [0.2, 0.25) is 0 Å². The van der Waals surface area contributed by atoms with Crippen molar-refractivity contribution in [3.05, 3.63) is 29.4 Å². The van der Waals surface area contributed by atoms with Gasteiger partial charge in [0.15, 0.2) is 0 Å². The van der Waals surface area contributed by atoms with Gasteiger partial charge in [-0.05, 0) is 6.92 Å². The minimum atomic E-state index is 0.513. The molecule has 0 fully saturated rings. The first kappa shape index (κ1) is 11.4. The van der Waals surface area contributed by atoms with Crippen molar-refractivity contribution in [3.63, 3.8) is 0 Å². The van der Waals surface area contributed by atoms with Crippen LogP contribution in [0.1, 0.15) is 24.0 Å². The van der Waals surface area contributed by atoms with Gasteiger partial charge in [0.2, 0.25) is 0 Å². The zero-order chi connectivity index (χ0) is 12.3. The number of hydrogen-bond donors (Lipinski definition) is 2. The van der Waals surface area contributed by atoms with E-state index in [1.807, 2.05) is 13.8 Å². The van der Waals surface area contributed by atoms with Crippen molar-refractivity contribution in [1.82, 2.24) is 15.1 Å². The molecule has 0 amide bonds. The van der Waals surface area contributed by atoms with Gasteiger partial charge in [-0.1, -0.05) is 12.1 Å². The fourth-order valence-electron chi connectivity index (χ4n) is 1.42. The third-order valence-electron chi connectivity index (χ3n) is 2.47. The minimum Gasteiger partial charge on any atom is -0.383 e. The fourth-order valence-corrected chi connectivity index (χ4v) is 1.42. The van der Waals surface area contributed by atoms with E-state index in [2.05, 4.69) is 20.4 Å². The maximum absolute atomic E-state index is 5.82.